The predicted octanol–water partition coefficient (Wildman–Crippen LogP) is 3.17. The van der Waals surface area contributed by atoms with Gasteiger partial charge in [-0.25, -0.2) is 0 Å². The van der Waals surface area contributed by atoms with Gasteiger partial charge in [-0.15, -0.1) is 0 Å². The minimum Gasteiger partial charge on any atom is -0.393 e. The number of fused-ring (bicyclic) bond motifs is 1. The average molecular weight is 294 g/mol. The van der Waals surface area contributed by atoms with Crippen LogP contribution in [0.25, 0.3) is 0 Å². The molecule has 3 heteroatoms. The van der Waals surface area contributed by atoms with Gasteiger partial charge in [-0.3, -0.25) is 4.90 Å². The fraction of sp³-hybridized carbons (Fsp3) is 0.368. The molecule has 1 radical (unpaired) electrons. The zero-order valence-corrected chi connectivity index (χ0v) is 13.4. The minimum absolute atomic E-state index is 0.330. The van der Waals surface area contributed by atoms with Gasteiger partial charge >= 0.3 is 0 Å². The summed E-state index contributed by atoms with van der Waals surface area (Å²) in [6.45, 7) is 8.41. The van der Waals surface area contributed by atoms with Crippen LogP contribution in [-0.4, -0.2) is 36.5 Å². The Morgan fingerprint density at radius 1 is 1.41 bits per heavy atom. The van der Waals surface area contributed by atoms with E-state index in [9.17, 15) is 5.11 Å². The van der Waals surface area contributed by atoms with E-state index in [-0.39, 0.29) is 6.10 Å². The molecule has 0 bridgehead atoms. The summed E-state index contributed by atoms with van der Waals surface area (Å²) in [4.78, 5) is 2.34. The quantitative estimate of drug-likeness (QED) is 0.617. The maximum absolute atomic E-state index is 10.3. The molecule has 1 aromatic carbocycles. The van der Waals surface area contributed by atoms with E-state index < -0.39 is 0 Å². The van der Waals surface area contributed by atoms with Gasteiger partial charge in [0.1, 0.15) is 0 Å². The number of β-amino-alcohol motifs (C(OH)–C–C–N with tert-alkyl or cyclic N) is 1. The van der Waals surface area contributed by atoms with Gasteiger partial charge in [0.15, 0.2) is 7.28 Å². The number of aliphatic hydroxyl groups excluding tert-OH is 1. The Balaban J connectivity index is 1.82. The zero-order valence-electron chi connectivity index (χ0n) is 13.4. The highest BCUT2D eigenvalue weighted by atomic mass is 16.3. The Kier molecular flexibility index (Phi) is 6.69. The fourth-order valence-corrected chi connectivity index (χ4v) is 2.87. The molecule has 1 aromatic rings. The molecule has 1 atom stereocenters. The molecule has 0 fully saturated rings. The third kappa shape index (κ3) is 5.01. The Morgan fingerprint density at radius 3 is 2.91 bits per heavy atom. The SMILES string of the molecule is C=C/C=C([B]CC(O)CN1CCc2ccccc2C1)\C=C/C. The van der Waals surface area contributed by atoms with Crippen LogP contribution in [0.5, 0.6) is 0 Å². The number of aliphatic hydroxyl groups is 1. The van der Waals surface area contributed by atoms with Gasteiger partial charge in [-0.1, -0.05) is 60.6 Å². The minimum atomic E-state index is -0.330. The van der Waals surface area contributed by atoms with E-state index in [1.807, 2.05) is 25.2 Å². The molecule has 0 saturated carbocycles. The molecule has 0 spiro atoms. The highest BCUT2D eigenvalue weighted by Crippen LogP contribution is 2.18. The molecule has 1 aliphatic heterocycles. The van der Waals surface area contributed by atoms with Crippen LogP contribution in [0.1, 0.15) is 18.1 Å². The van der Waals surface area contributed by atoms with Crippen LogP contribution in [0, 0.1) is 0 Å². The van der Waals surface area contributed by atoms with Crippen LogP contribution < -0.4 is 0 Å². The van der Waals surface area contributed by atoms with Crippen LogP contribution >= 0.6 is 0 Å². The number of allylic oxidation sites excluding steroid dienone is 5. The average Bonchev–Trinajstić information content (AvgIpc) is 2.53. The second-order valence-corrected chi connectivity index (χ2v) is 5.75. The van der Waals surface area contributed by atoms with Crippen molar-refractivity contribution in [2.45, 2.75) is 32.3 Å². The number of benzene rings is 1. The Hall–Kier alpha value is -1.58. The molecular formula is C19H25BNO. The number of hydrogen-bond acceptors (Lipinski definition) is 2. The second kappa shape index (κ2) is 8.77. The Bertz CT molecular complexity index is 550. The summed E-state index contributed by atoms with van der Waals surface area (Å²) < 4.78 is 0. The molecule has 0 aromatic heterocycles. The van der Waals surface area contributed by atoms with Crippen LogP contribution in [0.3, 0.4) is 0 Å². The van der Waals surface area contributed by atoms with Crippen molar-refractivity contribution in [2.24, 2.45) is 0 Å². The van der Waals surface area contributed by atoms with Crippen molar-refractivity contribution in [3.05, 3.63) is 71.7 Å². The van der Waals surface area contributed by atoms with Gasteiger partial charge in [-0.2, -0.15) is 0 Å². The molecule has 2 nitrogen and oxygen atoms in total. The van der Waals surface area contributed by atoms with Gasteiger partial charge in [0.05, 0.1) is 6.10 Å². The summed E-state index contributed by atoms with van der Waals surface area (Å²) >= 11 is 0. The van der Waals surface area contributed by atoms with E-state index in [2.05, 4.69) is 43.0 Å². The summed E-state index contributed by atoms with van der Waals surface area (Å²) in [5.41, 5.74) is 3.94. The normalized spacial score (nSPS) is 17.3. The molecule has 0 saturated heterocycles. The van der Waals surface area contributed by atoms with Crippen LogP contribution in [-0.2, 0) is 13.0 Å². The van der Waals surface area contributed by atoms with Gasteiger partial charge in [0.25, 0.3) is 0 Å². The first kappa shape index (κ1) is 16.8. The van der Waals surface area contributed by atoms with Crippen molar-refractivity contribution in [2.75, 3.05) is 13.1 Å². The van der Waals surface area contributed by atoms with Crippen LogP contribution in [0.15, 0.2) is 60.6 Å². The molecule has 1 N–H and O–H groups in total. The maximum atomic E-state index is 10.3. The van der Waals surface area contributed by atoms with Crippen LogP contribution in [0.2, 0.25) is 6.32 Å². The first-order chi connectivity index (χ1) is 10.7. The van der Waals surface area contributed by atoms with E-state index >= 15 is 0 Å². The summed E-state index contributed by atoms with van der Waals surface area (Å²) in [6, 6.07) is 8.60. The van der Waals surface area contributed by atoms with Gasteiger partial charge in [-0.05, 0) is 30.8 Å². The predicted molar refractivity (Wildman–Crippen MR) is 95.1 cm³/mol. The van der Waals surface area contributed by atoms with Crippen molar-refractivity contribution >= 4 is 7.28 Å². The first-order valence-corrected chi connectivity index (χ1v) is 7.98. The molecule has 2 rings (SSSR count). The monoisotopic (exact) mass is 294 g/mol. The third-order valence-corrected chi connectivity index (χ3v) is 3.97. The lowest BCUT2D eigenvalue weighted by Gasteiger charge is -2.30. The Morgan fingerprint density at radius 2 is 2.18 bits per heavy atom. The van der Waals surface area contributed by atoms with Crippen molar-refractivity contribution in [3.8, 4) is 0 Å². The smallest absolute Gasteiger partial charge is 0.154 e. The molecule has 0 amide bonds. The zero-order chi connectivity index (χ0) is 15.8. The van der Waals surface area contributed by atoms with E-state index in [1.54, 1.807) is 6.08 Å². The van der Waals surface area contributed by atoms with Gasteiger partial charge in [0.2, 0.25) is 0 Å². The lowest BCUT2D eigenvalue weighted by atomic mass is 9.64. The maximum Gasteiger partial charge on any atom is 0.154 e. The molecule has 22 heavy (non-hydrogen) atoms. The molecule has 1 heterocycles. The van der Waals surface area contributed by atoms with Gasteiger partial charge < -0.3 is 5.11 Å². The fourth-order valence-electron chi connectivity index (χ4n) is 2.87. The molecular weight excluding hydrogens is 269 g/mol. The Labute approximate surface area is 135 Å². The molecule has 1 unspecified atom stereocenters. The third-order valence-electron chi connectivity index (χ3n) is 3.97. The number of rotatable bonds is 7. The standard InChI is InChI=1S/C19H25BNO/c1-3-7-18(8-4-2)20-13-19(22)15-21-12-11-16-9-5-6-10-17(16)14-21/h3-10,19,22H,1,11-15H2,2H3/b8-4-,18-7+. The van der Waals surface area contributed by atoms with Crippen molar-refractivity contribution in [1.82, 2.24) is 4.90 Å². The lowest BCUT2D eigenvalue weighted by molar-refractivity contribution is 0.119. The molecule has 115 valence electrons. The summed E-state index contributed by atoms with van der Waals surface area (Å²) in [5.74, 6) is 0. The summed E-state index contributed by atoms with van der Waals surface area (Å²) in [5, 5.41) is 10.3. The number of hydrogen-bond donors (Lipinski definition) is 1. The van der Waals surface area contributed by atoms with Crippen molar-refractivity contribution < 1.29 is 5.11 Å². The van der Waals surface area contributed by atoms with Gasteiger partial charge in [0, 0.05) is 19.6 Å². The largest absolute Gasteiger partial charge is 0.393 e. The van der Waals surface area contributed by atoms with Crippen molar-refractivity contribution in [1.29, 1.82) is 0 Å². The van der Waals surface area contributed by atoms with E-state index in [4.69, 9.17) is 0 Å². The lowest BCUT2D eigenvalue weighted by Crippen LogP contribution is -2.37. The number of nitrogens with zero attached hydrogens (tertiary/aromatic N) is 1. The van der Waals surface area contributed by atoms with Crippen LogP contribution in [0.4, 0.5) is 0 Å². The van der Waals surface area contributed by atoms with E-state index in [0.717, 1.165) is 31.5 Å². The molecule has 0 aliphatic carbocycles. The second-order valence-electron chi connectivity index (χ2n) is 5.75. The highest BCUT2D eigenvalue weighted by molar-refractivity contribution is 6.46. The topological polar surface area (TPSA) is 23.5 Å². The molecule has 1 aliphatic rings. The van der Waals surface area contributed by atoms with E-state index in [0.29, 0.717) is 6.32 Å². The summed E-state index contributed by atoms with van der Waals surface area (Å²) in [7, 11) is 2.07. The summed E-state index contributed by atoms with van der Waals surface area (Å²) in [6.07, 6.45) is 9.19. The van der Waals surface area contributed by atoms with E-state index in [1.165, 1.54) is 11.1 Å². The first-order valence-electron chi connectivity index (χ1n) is 7.98. The van der Waals surface area contributed by atoms with Crippen molar-refractivity contribution in [3.63, 3.8) is 0 Å². The highest BCUT2D eigenvalue weighted by Gasteiger charge is 2.18.